The van der Waals surface area contributed by atoms with Crippen LogP contribution in [0.5, 0.6) is 0 Å². The van der Waals surface area contributed by atoms with Crippen molar-refractivity contribution in [2.75, 3.05) is 19.0 Å². The molecule has 2 N–H and O–H groups in total. The van der Waals surface area contributed by atoms with Crippen molar-refractivity contribution >= 4 is 38.8 Å². The number of benzene rings is 2. The third-order valence-corrected chi connectivity index (χ3v) is 6.87. The lowest BCUT2D eigenvalue weighted by molar-refractivity contribution is -0.0771. The lowest BCUT2D eigenvalue weighted by Gasteiger charge is -2.46. The van der Waals surface area contributed by atoms with Gasteiger partial charge < -0.3 is 15.2 Å². The molecule has 152 valence electrons. The second kappa shape index (κ2) is 8.55. The number of fused-ring (bicyclic) bond motifs is 1. The van der Waals surface area contributed by atoms with E-state index in [1.807, 2.05) is 6.07 Å². The van der Waals surface area contributed by atoms with Crippen LogP contribution < -0.4 is 5.32 Å². The fraction of sp³-hybridized carbons (Fsp3) is 0.333. The van der Waals surface area contributed by atoms with Crippen LogP contribution in [0, 0.1) is 11.7 Å². The number of aliphatic hydroxyl groups excluding tert-OH is 1. The molecule has 0 saturated carbocycles. The van der Waals surface area contributed by atoms with Crippen molar-refractivity contribution in [3.63, 3.8) is 0 Å². The molecule has 1 fully saturated rings. The number of aliphatic hydroxyl groups is 1. The Balaban J connectivity index is 1.71. The minimum absolute atomic E-state index is 0.0282. The van der Waals surface area contributed by atoms with Gasteiger partial charge >= 0.3 is 0 Å². The molecule has 0 aromatic heterocycles. The van der Waals surface area contributed by atoms with E-state index in [1.54, 1.807) is 36.4 Å². The Morgan fingerprint density at radius 1 is 1.34 bits per heavy atom. The van der Waals surface area contributed by atoms with Crippen LogP contribution in [0.15, 0.2) is 58.0 Å². The van der Waals surface area contributed by atoms with Crippen molar-refractivity contribution in [1.82, 2.24) is 5.32 Å². The van der Waals surface area contributed by atoms with E-state index in [-0.39, 0.29) is 37.0 Å². The Kier molecular flexibility index (Phi) is 6.06. The molecule has 2 unspecified atom stereocenters. The summed E-state index contributed by atoms with van der Waals surface area (Å²) >= 11 is 4.85. The van der Waals surface area contributed by atoms with Gasteiger partial charge in [0.2, 0.25) is 0 Å². The molecular weight excluding hydrogens is 459 g/mol. The fourth-order valence-electron chi connectivity index (χ4n) is 3.80. The number of carbonyl (C=O) groups is 1. The molecule has 0 spiro atoms. The molecule has 1 saturated heterocycles. The van der Waals surface area contributed by atoms with Crippen LogP contribution in [0.3, 0.4) is 0 Å². The van der Waals surface area contributed by atoms with Crippen molar-refractivity contribution in [2.45, 2.75) is 18.1 Å². The minimum atomic E-state index is -0.954. The molecule has 2 aromatic rings. The number of hydrogen-bond donors (Lipinski definition) is 2. The zero-order valence-corrected chi connectivity index (χ0v) is 17.9. The number of rotatable bonds is 3. The average molecular weight is 479 g/mol. The Labute approximate surface area is 180 Å². The predicted molar refractivity (Wildman–Crippen MR) is 115 cm³/mol. The summed E-state index contributed by atoms with van der Waals surface area (Å²) in [5.74, 6) is -0.0157. The third-order valence-electron chi connectivity index (χ3n) is 5.34. The van der Waals surface area contributed by atoms with Crippen LogP contribution in [0.1, 0.15) is 22.3 Å². The summed E-state index contributed by atoms with van der Waals surface area (Å²) in [7, 11) is 0. The van der Waals surface area contributed by atoms with Crippen molar-refractivity contribution < 1.29 is 19.0 Å². The summed E-state index contributed by atoms with van der Waals surface area (Å²) in [6.45, 7) is 0.0566. The van der Waals surface area contributed by atoms with E-state index >= 15 is 0 Å². The standard InChI is InChI=1S/C21H20BrFN2O3S/c22-15-6-7-18(23)17(9-15)21-12-28-16(10-26)8-14(21)11-29-20(25-21)24-19(27)13-4-2-1-3-5-13/h1-7,9,14,16,26H,8,10-12H2,(H,24,25,27)/t14?,16?,21-/m0/s1. The van der Waals surface area contributed by atoms with E-state index in [9.17, 15) is 14.3 Å². The van der Waals surface area contributed by atoms with Gasteiger partial charge in [-0.15, -0.1) is 0 Å². The van der Waals surface area contributed by atoms with Gasteiger partial charge in [-0.3, -0.25) is 4.79 Å². The Morgan fingerprint density at radius 2 is 2.14 bits per heavy atom. The van der Waals surface area contributed by atoms with E-state index in [0.717, 1.165) is 4.47 Å². The second-order valence-corrected chi connectivity index (χ2v) is 9.07. The average Bonchev–Trinajstić information content (AvgIpc) is 2.75. The maximum absolute atomic E-state index is 14.9. The molecule has 0 bridgehead atoms. The van der Waals surface area contributed by atoms with Crippen LogP contribution in [0.4, 0.5) is 4.39 Å². The molecule has 4 rings (SSSR count). The van der Waals surface area contributed by atoms with E-state index in [4.69, 9.17) is 9.73 Å². The maximum atomic E-state index is 14.9. The summed E-state index contributed by atoms with van der Waals surface area (Å²) in [5.41, 5.74) is 0.00486. The first kappa shape index (κ1) is 20.5. The predicted octanol–water partition coefficient (Wildman–Crippen LogP) is 3.71. The highest BCUT2D eigenvalue weighted by Crippen LogP contribution is 2.47. The van der Waals surface area contributed by atoms with Crippen molar-refractivity contribution in [3.05, 3.63) is 69.9 Å². The topological polar surface area (TPSA) is 70.9 Å². The zero-order valence-electron chi connectivity index (χ0n) is 15.5. The number of hydrogen-bond acceptors (Lipinski definition) is 5. The van der Waals surface area contributed by atoms with Crippen molar-refractivity contribution in [3.8, 4) is 0 Å². The molecular formula is C21H20BrFN2O3S. The van der Waals surface area contributed by atoms with Gasteiger partial charge in [-0.25, -0.2) is 9.38 Å². The SMILES string of the molecule is O=C(NC1=N[C@@]2(c3cc(Br)ccc3F)COC(CO)CC2CS1)c1ccccc1. The molecule has 2 heterocycles. The molecule has 2 aromatic carbocycles. The van der Waals surface area contributed by atoms with Gasteiger partial charge in [0.25, 0.3) is 5.91 Å². The van der Waals surface area contributed by atoms with Gasteiger partial charge in [0.1, 0.15) is 11.4 Å². The van der Waals surface area contributed by atoms with Crippen LogP contribution in [-0.4, -0.2) is 41.3 Å². The van der Waals surface area contributed by atoms with Gasteiger partial charge in [-0.2, -0.15) is 0 Å². The monoisotopic (exact) mass is 478 g/mol. The van der Waals surface area contributed by atoms with Gasteiger partial charge in [0.15, 0.2) is 5.17 Å². The first-order valence-electron chi connectivity index (χ1n) is 9.29. The Bertz CT molecular complexity index is 943. The van der Waals surface area contributed by atoms with Crippen LogP contribution in [0.25, 0.3) is 0 Å². The Morgan fingerprint density at radius 3 is 2.90 bits per heavy atom. The van der Waals surface area contributed by atoms with E-state index in [1.165, 1.54) is 17.8 Å². The molecule has 3 atom stereocenters. The van der Waals surface area contributed by atoms with E-state index in [2.05, 4.69) is 21.2 Å². The molecule has 0 radical (unpaired) electrons. The number of nitrogens with one attached hydrogen (secondary N) is 1. The van der Waals surface area contributed by atoms with Gasteiger partial charge in [-0.05, 0) is 36.8 Å². The molecule has 0 aliphatic carbocycles. The van der Waals surface area contributed by atoms with E-state index in [0.29, 0.717) is 28.5 Å². The number of nitrogens with zero attached hydrogens (tertiary/aromatic N) is 1. The largest absolute Gasteiger partial charge is 0.394 e. The number of amidine groups is 1. The van der Waals surface area contributed by atoms with E-state index < -0.39 is 5.54 Å². The molecule has 5 nitrogen and oxygen atoms in total. The van der Waals surface area contributed by atoms with Crippen molar-refractivity contribution in [1.29, 1.82) is 0 Å². The highest BCUT2D eigenvalue weighted by molar-refractivity contribution is 9.10. The smallest absolute Gasteiger partial charge is 0.257 e. The summed E-state index contributed by atoms with van der Waals surface area (Å²) in [5, 5.41) is 12.8. The highest BCUT2D eigenvalue weighted by Gasteiger charge is 2.49. The quantitative estimate of drug-likeness (QED) is 0.705. The van der Waals surface area contributed by atoms with Crippen LogP contribution in [-0.2, 0) is 10.3 Å². The van der Waals surface area contributed by atoms with Gasteiger partial charge in [0.05, 0.1) is 19.3 Å². The Hall–Kier alpha value is -1.74. The normalized spacial score (nSPS) is 26.4. The second-order valence-electron chi connectivity index (χ2n) is 7.14. The molecule has 2 aliphatic rings. The van der Waals surface area contributed by atoms with Gasteiger partial charge in [-0.1, -0.05) is 45.9 Å². The summed E-state index contributed by atoms with van der Waals surface area (Å²) in [6.07, 6.45) is 0.276. The molecule has 1 amide bonds. The first-order chi connectivity index (χ1) is 14.0. The number of ether oxygens (including phenoxy) is 1. The zero-order chi connectivity index (χ0) is 20.4. The number of carbonyl (C=O) groups excluding carboxylic acids is 1. The summed E-state index contributed by atoms with van der Waals surface area (Å²) in [4.78, 5) is 17.4. The molecule has 2 aliphatic heterocycles. The lowest BCUT2D eigenvalue weighted by Crippen LogP contribution is -2.51. The lowest BCUT2D eigenvalue weighted by atomic mass is 9.75. The van der Waals surface area contributed by atoms with Crippen molar-refractivity contribution in [2.24, 2.45) is 10.9 Å². The number of halogens is 2. The number of amides is 1. The number of thioether (sulfide) groups is 1. The van der Waals surface area contributed by atoms with Crippen LogP contribution >= 0.6 is 27.7 Å². The molecule has 29 heavy (non-hydrogen) atoms. The maximum Gasteiger partial charge on any atom is 0.257 e. The summed E-state index contributed by atoms with van der Waals surface area (Å²) < 4.78 is 21.4. The number of aliphatic imine (C=N–C) groups is 1. The highest BCUT2D eigenvalue weighted by atomic mass is 79.9. The van der Waals surface area contributed by atoms with Crippen LogP contribution in [0.2, 0.25) is 0 Å². The fourth-order valence-corrected chi connectivity index (χ4v) is 5.33. The summed E-state index contributed by atoms with van der Waals surface area (Å²) in [6, 6.07) is 13.7. The third kappa shape index (κ3) is 4.12. The van der Waals surface area contributed by atoms with Gasteiger partial charge in [0, 0.05) is 27.3 Å². The molecule has 8 heteroatoms. The minimum Gasteiger partial charge on any atom is -0.394 e. The first-order valence-corrected chi connectivity index (χ1v) is 11.1.